The Labute approximate surface area is 185 Å². The van der Waals surface area contributed by atoms with Crippen LogP contribution < -0.4 is 0 Å². The Hall–Kier alpha value is -2.09. The summed E-state index contributed by atoms with van der Waals surface area (Å²) in [5.41, 5.74) is 3.70. The smallest absolute Gasteiger partial charge is 0.302 e. The highest BCUT2D eigenvalue weighted by Gasteiger charge is 2.59. The van der Waals surface area contributed by atoms with Gasteiger partial charge in [-0.2, -0.15) is 5.26 Å². The van der Waals surface area contributed by atoms with Gasteiger partial charge in [0.15, 0.2) is 0 Å². The Balaban J connectivity index is 1.72. The topological polar surface area (TPSA) is 76.4 Å². The summed E-state index contributed by atoms with van der Waals surface area (Å²) >= 11 is 0. The third-order valence-electron chi connectivity index (χ3n) is 9.03. The number of rotatable bonds is 2. The maximum Gasteiger partial charge on any atom is 0.302 e. The maximum atomic E-state index is 12.0. The fourth-order valence-corrected chi connectivity index (χ4v) is 7.70. The lowest BCUT2D eigenvalue weighted by Crippen LogP contribution is -2.54. The van der Waals surface area contributed by atoms with Crippen molar-refractivity contribution in [2.45, 2.75) is 91.8 Å². The van der Waals surface area contributed by atoms with Crippen molar-refractivity contribution in [3.63, 3.8) is 0 Å². The molecule has 0 aromatic heterocycles. The van der Waals surface area contributed by atoms with E-state index in [1.165, 1.54) is 25.0 Å². The molecule has 0 heterocycles. The first-order valence-electron chi connectivity index (χ1n) is 11.8. The molecule has 0 amide bonds. The van der Waals surface area contributed by atoms with Gasteiger partial charge in [-0.05, 0) is 74.5 Å². The van der Waals surface area contributed by atoms with Crippen LogP contribution >= 0.6 is 0 Å². The molecule has 3 saturated carbocycles. The number of esters is 2. The van der Waals surface area contributed by atoms with Crippen molar-refractivity contribution in [2.24, 2.45) is 28.6 Å². The average molecular weight is 426 g/mol. The van der Waals surface area contributed by atoms with Crippen LogP contribution in [0.15, 0.2) is 22.8 Å². The second kappa shape index (κ2) is 7.80. The van der Waals surface area contributed by atoms with Gasteiger partial charge in [0, 0.05) is 25.3 Å². The van der Waals surface area contributed by atoms with Crippen LogP contribution in [0.5, 0.6) is 0 Å². The molecular formula is C26H35NO4. The number of fused-ring (bicyclic) bond motifs is 5. The second-order valence-corrected chi connectivity index (χ2v) is 10.7. The molecule has 0 aromatic carbocycles. The molecule has 5 nitrogen and oxygen atoms in total. The van der Waals surface area contributed by atoms with E-state index in [4.69, 9.17) is 9.47 Å². The highest BCUT2D eigenvalue weighted by atomic mass is 16.5. The zero-order valence-electron chi connectivity index (χ0n) is 19.5. The van der Waals surface area contributed by atoms with Gasteiger partial charge in [-0.25, -0.2) is 0 Å². The molecule has 168 valence electrons. The summed E-state index contributed by atoms with van der Waals surface area (Å²) in [5, 5.41) is 9.54. The zero-order chi connectivity index (χ0) is 22.6. The second-order valence-electron chi connectivity index (χ2n) is 10.7. The van der Waals surface area contributed by atoms with Crippen LogP contribution in [0.25, 0.3) is 0 Å². The standard InChI is InChI=1S/C26H35NO4/c1-15(14-27)20-6-7-21-19-13-24(31-17(3)29)23-12-18(30-16(2)28)8-10-26(23,5)22(19)9-11-25(20,21)4/h9,18-19,21,23-24H,6-8,10-13H2,1-5H3/b20-15+/t18-,19?,21?,23?,24-,25+,26+/m0/s1. The Morgan fingerprint density at radius 3 is 2.39 bits per heavy atom. The van der Waals surface area contributed by atoms with Crippen molar-refractivity contribution in [3.8, 4) is 6.07 Å². The monoisotopic (exact) mass is 425 g/mol. The molecule has 0 aliphatic heterocycles. The van der Waals surface area contributed by atoms with E-state index in [0.717, 1.165) is 50.5 Å². The molecule has 0 saturated heterocycles. The number of carbonyl (C=O) groups is 2. The predicted molar refractivity (Wildman–Crippen MR) is 117 cm³/mol. The van der Waals surface area contributed by atoms with Crippen LogP contribution in [0.1, 0.15) is 79.6 Å². The van der Waals surface area contributed by atoms with Gasteiger partial charge in [-0.15, -0.1) is 0 Å². The van der Waals surface area contributed by atoms with Crippen LogP contribution in [-0.2, 0) is 19.1 Å². The van der Waals surface area contributed by atoms with E-state index in [1.54, 1.807) is 0 Å². The van der Waals surface area contributed by atoms with Crippen molar-refractivity contribution in [1.82, 2.24) is 0 Å². The molecule has 0 spiro atoms. The number of carbonyl (C=O) groups excluding carboxylic acids is 2. The lowest BCUT2D eigenvalue weighted by molar-refractivity contribution is -0.167. The first-order chi connectivity index (χ1) is 14.6. The van der Waals surface area contributed by atoms with Crippen LogP contribution in [-0.4, -0.2) is 24.1 Å². The third kappa shape index (κ3) is 3.52. The summed E-state index contributed by atoms with van der Waals surface area (Å²) in [6, 6.07) is 2.39. The van der Waals surface area contributed by atoms with E-state index in [9.17, 15) is 14.9 Å². The first kappa shape index (κ1) is 22.1. The number of nitrogens with zero attached hydrogens (tertiary/aromatic N) is 1. The largest absolute Gasteiger partial charge is 0.463 e. The minimum atomic E-state index is -0.239. The number of hydrogen-bond donors (Lipinski definition) is 0. The Morgan fingerprint density at radius 1 is 1.03 bits per heavy atom. The third-order valence-corrected chi connectivity index (χ3v) is 9.03. The molecule has 0 N–H and O–H groups in total. The van der Waals surface area contributed by atoms with Crippen LogP contribution in [0, 0.1) is 39.9 Å². The molecule has 7 atom stereocenters. The van der Waals surface area contributed by atoms with Crippen molar-refractivity contribution in [2.75, 3.05) is 0 Å². The van der Waals surface area contributed by atoms with Crippen molar-refractivity contribution >= 4 is 11.9 Å². The highest BCUT2D eigenvalue weighted by molar-refractivity contribution is 5.66. The molecule has 3 fully saturated rings. The normalized spacial score (nSPS) is 42.8. The molecule has 5 heteroatoms. The minimum absolute atomic E-state index is 0.0207. The molecule has 31 heavy (non-hydrogen) atoms. The molecule has 0 radical (unpaired) electrons. The van der Waals surface area contributed by atoms with Crippen molar-refractivity contribution in [3.05, 3.63) is 22.8 Å². The zero-order valence-corrected chi connectivity index (χ0v) is 19.5. The fourth-order valence-electron chi connectivity index (χ4n) is 7.70. The van der Waals surface area contributed by atoms with Crippen LogP contribution in [0.2, 0.25) is 0 Å². The SMILES string of the molecule is CC(=O)O[C@H]1CC[C@]2(C)C3=CC[C@]4(C)/C(=C(\C)C#N)CCC4C3C[C@H](OC(C)=O)C2C1. The van der Waals surface area contributed by atoms with Gasteiger partial charge in [0.25, 0.3) is 0 Å². The minimum Gasteiger partial charge on any atom is -0.463 e. The Kier molecular flexibility index (Phi) is 5.56. The van der Waals surface area contributed by atoms with Gasteiger partial charge in [-0.1, -0.05) is 31.1 Å². The van der Waals surface area contributed by atoms with E-state index in [-0.39, 0.29) is 40.9 Å². The Morgan fingerprint density at radius 2 is 1.74 bits per heavy atom. The summed E-state index contributed by atoms with van der Waals surface area (Å²) in [5.74, 6) is 0.544. The number of allylic oxidation sites excluding steroid dienone is 4. The van der Waals surface area contributed by atoms with E-state index < -0.39 is 0 Å². The van der Waals surface area contributed by atoms with Gasteiger partial charge >= 0.3 is 11.9 Å². The summed E-state index contributed by atoms with van der Waals surface area (Å²) in [6.45, 7) is 9.59. The van der Waals surface area contributed by atoms with E-state index in [1.807, 2.05) is 6.92 Å². The van der Waals surface area contributed by atoms with E-state index in [0.29, 0.717) is 11.8 Å². The summed E-state index contributed by atoms with van der Waals surface area (Å²) in [4.78, 5) is 23.6. The maximum absolute atomic E-state index is 12.0. The quantitative estimate of drug-likeness (QED) is 0.342. The van der Waals surface area contributed by atoms with Crippen molar-refractivity contribution < 1.29 is 19.1 Å². The van der Waals surface area contributed by atoms with Gasteiger partial charge < -0.3 is 9.47 Å². The molecule has 3 unspecified atom stereocenters. The molecule has 4 rings (SSSR count). The lowest BCUT2D eigenvalue weighted by Gasteiger charge is -2.58. The van der Waals surface area contributed by atoms with Crippen LogP contribution in [0.3, 0.4) is 0 Å². The van der Waals surface area contributed by atoms with E-state index in [2.05, 4.69) is 26.0 Å². The summed E-state index contributed by atoms with van der Waals surface area (Å²) < 4.78 is 11.5. The molecule has 4 aliphatic rings. The fraction of sp³-hybridized carbons (Fsp3) is 0.731. The molecule has 0 aromatic rings. The van der Waals surface area contributed by atoms with Gasteiger partial charge in [-0.3, -0.25) is 9.59 Å². The molecular weight excluding hydrogens is 390 g/mol. The van der Waals surface area contributed by atoms with Gasteiger partial charge in [0.2, 0.25) is 0 Å². The van der Waals surface area contributed by atoms with Crippen molar-refractivity contribution in [1.29, 1.82) is 5.26 Å². The molecule has 0 bridgehead atoms. The van der Waals surface area contributed by atoms with Gasteiger partial charge in [0.1, 0.15) is 12.2 Å². The number of hydrogen-bond acceptors (Lipinski definition) is 5. The van der Waals surface area contributed by atoms with Crippen LogP contribution in [0.4, 0.5) is 0 Å². The Bertz CT molecular complexity index is 896. The summed E-state index contributed by atoms with van der Waals surface area (Å²) in [6.07, 6.45) is 8.64. The number of ether oxygens (including phenoxy) is 2. The average Bonchev–Trinajstić information content (AvgIpc) is 3.05. The highest BCUT2D eigenvalue weighted by Crippen LogP contribution is 2.66. The predicted octanol–water partition coefficient (Wildman–Crippen LogP) is 5.26. The lowest BCUT2D eigenvalue weighted by atomic mass is 9.48. The number of nitriles is 1. The van der Waals surface area contributed by atoms with Gasteiger partial charge in [0.05, 0.1) is 6.07 Å². The van der Waals surface area contributed by atoms with E-state index >= 15 is 0 Å². The molecule has 4 aliphatic carbocycles. The summed E-state index contributed by atoms with van der Waals surface area (Å²) in [7, 11) is 0. The first-order valence-corrected chi connectivity index (χ1v) is 11.8.